The van der Waals surface area contributed by atoms with Gasteiger partial charge in [-0.05, 0) is 55.9 Å². The van der Waals surface area contributed by atoms with Gasteiger partial charge in [-0.1, -0.05) is 18.2 Å². The molecule has 2 fully saturated rings. The van der Waals surface area contributed by atoms with E-state index in [9.17, 15) is 9.59 Å². The maximum absolute atomic E-state index is 12.7. The molecule has 1 aromatic rings. The Morgan fingerprint density at radius 2 is 2.00 bits per heavy atom. The van der Waals surface area contributed by atoms with Gasteiger partial charge < -0.3 is 20.1 Å². The SMILES string of the molecule is COc1ccc([C@H]2CC(=O)N(C3C=C(C(N)=O)C=CC3)C2)cc1OC1CCCC1. The Morgan fingerprint density at radius 1 is 1.21 bits per heavy atom. The maximum Gasteiger partial charge on any atom is 0.248 e. The molecule has 154 valence electrons. The van der Waals surface area contributed by atoms with Crippen LogP contribution in [-0.2, 0) is 9.59 Å². The van der Waals surface area contributed by atoms with Crippen molar-refractivity contribution in [2.75, 3.05) is 13.7 Å². The molecule has 2 amide bonds. The summed E-state index contributed by atoms with van der Waals surface area (Å²) in [6, 6.07) is 5.87. The summed E-state index contributed by atoms with van der Waals surface area (Å²) in [5.41, 5.74) is 6.95. The van der Waals surface area contributed by atoms with E-state index < -0.39 is 5.91 Å². The van der Waals surface area contributed by atoms with E-state index in [1.165, 1.54) is 12.8 Å². The molecule has 4 rings (SSSR count). The number of rotatable bonds is 6. The van der Waals surface area contributed by atoms with Crippen LogP contribution in [-0.4, -0.2) is 42.5 Å². The van der Waals surface area contributed by atoms with Gasteiger partial charge in [0.25, 0.3) is 0 Å². The first-order chi connectivity index (χ1) is 14.0. The second-order valence-corrected chi connectivity index (χ2v) is 8.07. The Kier molecular flexibility index (Phi) is 5.60. The van der Waals surface area contributed by atoms with Crippen molar-refractivity contribution in [1.82, 2.24) is 4.90 Å². The summed E-state index contributed by atoms with van der Waals surface area (Å²) >= 11 is 0. The molecule has 1 heterocycles. The number of likely N-dealkylation sites (tertiary alicyclic amines) is 1. The third kappa shape index (κ3) is 4.16. The fourth-order valence-electron chi connectivity index (χ4n) is 4.55. The standard InChI is InChI=1S/C23H28N2O4/c1-28-20-10-9-15(12-21(20)29-19-7-2-3-8-19)17-13-22(26)25(14-17)18-6-4-5-16(11-18)23(24)27/h4-5,9-12,17-19H,2-3,6-8,13-14H2,1H3,(H2,24,27)/t17-,18?/m0/s1. The van der Waals surface area contributed by atoms with Gasteiger partial charge in [-0.15, -0.1) is 0 Å². The van der Waals surface area contributed by atoms with Gasteiger partial charge >= 0.3 is 0 Å². The predicted molar refractivity (Wildman–Crippen MR) is 110 cm³/mol. The highest BCUT2D eigenvalue weighted by molar-refractivity contribution is 5.95. The molecule has 3 aliphatic rings. The number of carbonyl (C=O) groups excluding carboxylic acids is 2. The van der Waals surface area contributed by atoms with Crippen LogP contribution in [0.15, 0.2) is 42.0 Å². The average molecular weight is 396 g/mol. The Balaban J connectivity index is 1.51. The molecule has 2 aliphatic carbocycles. The van der Waals surface area contributed by atoms with E-state index in [1.54, 1.807) is 13.2 Å². The Bertz CT molecular complexity index is 854. The van der Waals surface area contributed by atoms with Crippen LogP contribution < -0.4 is 15.2 Å². The molecule has 0 bridgehead atoms. The number of ether oxygens (including phenoxy) is 2. The normalized spacial score (nSPS) is 24.7. The molecular formula is C23H28N2O4. The Morgan fingerprint density at radius 3 is 2.72 bits per heavy atom. The molecule has 1 aromatic carbocycles. The van der Waals surface area contributed by atoms with Crippen molar-refractivity contribution in [3.05, 3.63) is 47.6 Å². The zero-order valence-corrected chi connectivity index (χ0v) is 16.8. The van der Waals surface area contributed by atoms with Gasteiger partial charge in [-0.2, -0.15) is 0 Å². The second-order valence-electron chi connectivity index (χ2n) is 8.07. The van der Waals surface area contributed by atoms with Crippen molar-refractivity contribution in [3.8, 4) is 11.5 Å². The lowest BCUT2D eigenvalue weighted by atomic mass is 9.97. The lowest BCUT2D eigenvalue weighted by molar-refractivity contribution is -0.129. The highest BCUT2D eigenvalue weighted by Crippen LogP contribution is 2.38. The number of methoxy groups -OCH3 is 1. The summed E-state index contributed by atoms with van der Waals surface area (Å²) < 4.78 is 11.7. The number of hydrogen-bond acceptors (Lipinski definition) is 4. The van der Waals surface area contributed by atoms with Crippen molar-refractivity contribution in [2.45, 2.75) is 56.6 Å². The predicted octanol–water partition coefficient (Wildman–Crippen LogP) is 3.07. The number of nitrogens with zero attached hydrogens (tertiary/aromatic N) is 1. The molecule has 2 atom stereocenters. The van der Waals surface area contributed by atoms with Gasteiger partial charge in [-0.25, -0.2) is 0 Å². The van der Waals surface area contributed by atoms with Gasteiger partial charge in [-0.3, -0.25) is 9.59 Å². The fraction of sp³-hybridized carbons (Fsp3) is 0.478. The van der Waals surface area contributed by atoms with Gasteiger partial charge in [0.05, 0.1) is 19.3 Å². The molecule has 0 radical (unpaired) electrons. The van der Waals surface area contributed by atoms with Crippen LogP contribution in [0.4, 0.5) is 0 Å². The molecule has 6 nitrogen and oxygen atoms in total. The third-order valence-electron chi connectivity index (χ3n) is 6.15. The van der Waals surface area contributed by atoms with E-state index in [4.69, 9.17) is 15.2 Å². The molecule has 1 aliphatic heterocycles. The number of primary amides is 1. The molecule has 0 spiro atoms. The number of benzene rings is 1. The quantitative estimate of drug-likeness (QED) is 0.801. The van der Waals surface area contributed by atoms with Gasteiger partial charge in [0.15, 0.2) is 11.5 Å². The maximum atomic E-state index is 12.7. The molecule has 29 heavy (non-hydrogen) atoms. The highest BCUT2D eigenvalue weighted by atomic mass is 16.5. The minimum Gasteiger partial charge on any atom is -0.493 e. The lowest BCUT2D eigenvalue weighted by Crippen LogP contribution is -2.36. The van der Waals surface area contributed by atoms with Crippen LogP contribution in [0.1, 0.15) is 50.0 Å². The summed E-state index contributed by atoms with van der Waals surface area (Å²) in [7, 11) is 1.65. The Labute approximate surface area is 171 Å². The van der Waals surface area contributed by atoms with Crippen LogP contribution in [0.25, 0.3) is 0 Å². The summed E-state index contributed by atoms with van der Waals surface area (Å²) in [6.45, 7) is 0.620. The van der Waals surface area contributed by atoms with Crippen LogP contribution in [0.5, 0.6) is 11.5 Å². The summed E-state index contributed by atoms with van der Waals surface area (Å²) in [5, 5.41) is 0. The Hall–Kier alpha value is -2.76. The molecule has 6 heteroatoms. The van der Waals surface area contributed by atoms with Gasteiger partial charge in [0.2, 0.25) is 11.8 Å². The zero-order chi connectivity index (χ0) is 20.4. The van der Waals surface area contributed by atoms with Crippen LogP contribution in [0, 0.1) is 0 Å². The van der Waals surface area contributed by atoms with E-state index >= 15 is 0 Å². The van der Waals surface area contributed by atoms with Gasteiger partial charge in [0.1, 0.15) is 0 Å². The van der Waals surface area contributed by atoms with Gasteiger partial charge in [0, 0.05) is 24.5 Å². The summed E-state index contributed by atoms with van der Waals surface area (Å²) in [4.78, 5) is 26.1. The molecular weight excluding hydrogens is 368 g/mol. The topological polar surface area (TPSA) is 81.9 Å². The number of amides is 2. The number of carbonyl (C=O) groups is 2. The first-order valence-corrected chi connectivity index (χ1v) is 10.4. The minimum absolute atomic E-state index is 0.0932. The van der Waals surface area contributed by atoms with Crippen molar-refractivity contribution in [1.29, 1.82) is 0 Å². The van der Waals surface area contributed by atoms with E-state index in [0.29, 0.717) is 25.0 Å². The monoisotopic (exact) mass is 396 g/mol. The van der Waals surface area contributed by atoms with E-state index in [2.05, 4.69) is 0 Å². The third-order valence-corrected chi connectivity index (χ3v) is 6.15. The lowest BCUT2D eigenvalue weighted by Gasteiger charge is -2.27. The first-order valence-electron chi connectivity index (χ1n) is 10.4. The summed E-state index contributed by atoms with van der Waals surface area (Å²) in [6.07, 6.45) is 11.4. The summed E-state index contributed by atoms with van der Waals surface area (Å²) in [5.74, 6) is 1.23. The number of hydrogen-bond donors (Lipinski definition) is 1. The van der Waals surface area contributed by atoms with Crippen molar-refractivity contribution in [2.24, 2.45) is 5.73 Å². The molecule has 1 unspecified atom stereocenters. The molecule has 0 aromatic heterocycles. The van der Waals surface area contributed by atoms with E-state index in [0.717, 1.165) is 29.9 Å². The smallest absolute Gasteiger partial charge is 0.248 e. The number of nitrogens with two attached hydrogens (primary N) is 1. The van der Waals surface area contributed by atoms with Crippen LogP contribution in [0.2, 0.25) is 0 Å². The average Bonchev–Trinajstić information content (AvgIpc) is 3.37. The van der Waals surface area contributed by atoms with Crippen molar-refractivity contribution >= 4 is 11.8 Å². The van der Waals surface area contributed by atoms with E-state index in [-0.39, 0.29) is 24.0 Å². The van der Waals surface area contributed by atoms with Crippen molar-refractivity contribution < 1.29 is 19.1 Å². The largest absolute Gasteiger partial charge is 0.493 e. The zero-order valence-electron chi connectivity index (χ0n) is 16.8. The van der Waals surface area contributed by atoms with Crippen molar-refractivity contribution in [3.63, 3.8) is 0 Å². The van der Waals surface area contributed by atoms with E-state index in [1.807, 2.05) is 35.3 Å². The molecule has 1 saturated heterocycles. The van der Waals surface area contributed by atoms with Crippen LogP contribution in [0.3, 0.4) is 0 Å². The highest BCUT2D eigenvalue weighted by Gasteiger charge is 2.35. The fourth-order valence-corrected chi connectivity index (χ4v) is 4.55. The molecule has 2 N–H and O–H groups in total. The second kappa shape index (κ2) is 8.31. The molecule has 1 saturated carbocycles. The minimum atomic E-state index is -0.460. The van der Waals surface area contributed by atoms with Crippen LogP contribution >= 0.6 is 0 Å². The first kappa shape index (κ1) is 19.6.